The Balaban J connectivity index is 1.31. The van der Waals surface area contributed by atoms with Crippen molar-refractivity contribution in [1.29, 1.82) is 0 Å². The van der Waals surface area contributed by atoms with E-state index in [4.69, 9.17) is 0 Å². The number of likely N-dealkylation sites (tertiary alicyclic amines) is 1. The second-order valence-electron chi connectivity index (χ2n) is 7.58. The Bertz CT molecular complexity index is 1320. The van der Waals surface area contributed by atoms with Crippen LogP contribution >= 0.6 is 11.8 Å². The minimum atomic E-state index is -3.73. The molecule has 0 radical (unpaired) electrons. The van der Waals surface area contributed by atoms with Crippen LogP contribution in [0.5, 0.6) is 0 Å². The van der Waals surface area contributed by atoms with Gasteiger partial charge in [0.15, 0.2) is 11.0 Å². The lowest BCUT2D eigenvalue weighted by Gasteiger charge is -2.25. The van der Waals surface area contributed by atoms with E-state index < -0.39 is 16.1 Å². The van der Waals surface area contributed by atoms with Crippen molar-refractivity contribution in [3.8, 4) is 0 Å². The van der Waals surface area contributed by atoms with Gasteiger partial charge in [0, 0.05) is 29.7 Å². The summed E-state index contributed by atoms with van der Waals surface area (Å²) < 4.78 is 30.7. The van der Waals surface area contributed by atoms with E-state index in [-0.39, 0.29) is 10.8 Å². The van der Waals surface area contributed by atoms with Gasteiger partial charge in [-0.15, -0.1) is 14.6 Å². The van der Waals surface area contributed by atoms with Gasteiger partial charge in [0.2, 0.25) is 5.91 Å². The van der Waals surface area contributed by atoms with Gasteiger partial charge in [-0.3, -0.25) is 4.79 Å². The second-order valence-corrected chi connectivity index (χ2v) is 10.2. The summed E-state index contributed by atoms with van der Waals surface area (Å²) in [5.41, 5.74) is 1.22. The number of hydrogen-bond acceptors (Lipinski definition) is 7. The van der Waals surface area contributed by atoms with Crippen molar-refractivity contribution in [3.63, 3.8) is 0 Å². The number of hydrogen-bond donors (Lipinski definition) is 1. The van der Waals surface area contributed by atoms with Crippen LogP contribution in [0.4, 0.5) is 5.69 Å². The van der Waals surface area contributed by atoms with Crippen LogP contribution in [0.3, 0.4) is 0 Å². The highest BCUT2D eigenvalue weighted by atomic mass is 32.2. The van der Waals surface area contributed by atoms with Crippen molar-refractivity contribution < 1.29 is 13.2 Å². The number of carbonyl (C=O) groups excluding carboxylic acids is 1. The smallest absolute Gasteiger partial charge is 0.285 e. The third-order valence-electron chi connectivity index (χ3n) is 5.44. The molecule has 1 fully saturated rings. The van der Waals surface area contributed by atoms with Crippen LogP contribution in [0.2, 0.25) is 0 Å². The molecule has 1 saturated heterocycles. The molecule has 0 unspecified atom stereocenters. The van der Waals surface area contributed by atoms with E-state index in [2.05, 4.69) is 19.9 Å². The zero-order valence-corrected chi connectivity index (χ0v) is 18.8. The summed E-state index contributed by atoms with van der Waals surface area (Å²) in [5, 5.41) is 11.6. The van der Waals surface area contributed by atoms with Crippen LogP contribution in [0, 0.1) is 0 Å². The summed E-state index contributed by atoms with van der Waals surface area (Å²) in [5.74, 6) is 0.175. The molecule has 0 spiro atoms. The number of carbonyl (C=O) groups is 1. The van der Waals surface area contributed by atoms with E-state index in [1.807, 2.05) is 35.9 Å². The van der Waals surface area contributed by atoms with Crippen LogP contribution in [-0.2, 0) is 21.9 Å². The predicted molar refractivity (Wildman–Crippen MR) is 120 cm³/mol. The SMILES string of the molecule is Cn1cnnc1Sc1ccc(NC(=O)[C@@H]2CCCN2C2=NS(=O)(=O)c3ccccc32)cc1. The summed E-state index contributed by atoms with van der Waals surface area (Å²) in [4.78, 5) is 16.0. The van der Waals surface area contributed by atoms with Crippen LogP contribution in [-0.4, -0.2) is 52.4 Å². The van der Waals surface area contributed by atoms with Gasteiger partial charge in [-0.05, 0) is 61.0 Å². The number of nitrogens with one attached hydrogen (secondary N) is 1. The van der Waals surface area contributed by atoms with Gasteiger partial charge < -0.3 is 14.8 Å². The van der Waals surface area contributed by atoms with Gasteiger partial charge >= 0.3 is 0 Å². The van der Waals surface area contributed by atoms with Crippen LogP contribution in [0.15, 0.2) is 74.2 Å². The second kappa shape index (κ2) is 8.06. The summed E-state index contributed by atoms with van der Waals surface area (Å²) >= 11 is 1.48. The molecule has 3 heterocycles. The fourth-order valence-corrected chi connectivity index (χ4v) is 5.87. The van der Waals surface area contributed by atoms with Gasteiger partial charge in [-0.1, -0.05) is 12.1 Å². The zero-order chi connectivity index (χ0) is 22.3. The number of nitrogens with zero attached hydrogens (tertiary/aromatic N) is 5. The molecule has 1 amide bonds. The van der Waals surface area contributed by atoms with E-state index in [9.17, 15) is 13.2 Å². The lowest BCUT2D eigenvalue weighted by atomic mass is 10.1. The number of sulfonamides is 1. The lowest BCUT2D eigenvalue weighted by molar-refractivity contribution is -0.119. The number of amidine groups is 1. The van der Waals surface area contributed by atoms with E-state index >= 15 is 0 Å². The maximum atomic E-state index is 13.1. The number of anilines is 1. The predicted octanol–water partition coefficient (Wildman–Crippen LogP) is 2.52. The van der Waals surface area contributed by atoms with E-state index in [1.54, 1.807) is 35.5 Å². The van der Waals surface area contributed by atoms with Crippen LogP contribution < -0.4 is 5.32 Å². The summed E-state index contributed by atoms with van der Waals surface area (Å²) in [7, 11) is -1.85. The van der Waals surface area contributed by atoms with Gasteiger partial charge in [-0.25, -0.2) is 0 Å². The molecule has 11 heteroatoms. The van der Waals surface area contributed by atoms with E-state index in [0.717, 1.165) is 16.5 Å². The maximum Gasteiger partial charge on any atom is 0.285 e. The Morgan fingerprint density at radius 3 is 2.69 bits per heavy atom. The summed E-state index contributed by atoms with van der Waals surface area (Å²) in [6.07, 6.45) is 3.06. The Kier molecular flexibility index (Phi) is 5.22. The Morgan fingerprint density at radius 2 is 1.94 bits per heavy atom. The Morgan fingerprint density at radius 1 is 1.16 bits per heavy atom. The standard InChI is InChI=1S/C21H20N6O3S2/c1-26-13-22-24-21(26)31-15-10-8-14(9-11-15)23-20(28)17-6-4-12-27(17)19-16-5-2-3-7-18(16)32(29,30)25-19/h2-3,5,7-11,13,17H,4,6,12H2,1H3,(H,23,28)/t17-/m0/s1. The molecule has 1 N–H and O–H groups in total. The van der Waals surface area contributed by atoms with Gasteiger partial charge in [0.1, 0.15) is 17.3 Å². The number of benzene rings is 2. The van der Waals surface area contributed by atoms with Gasteiger partial charge in [0.05, 0.1) is 0 Å². The highest BCUT2D eigenvalue weighted by molar-refractivity contribution is 7.99. The molecule has 2 aliphatic rings. The monoisotopic (exact) mass is 468 g/mol. The highest BCUT2D eigenvalue weighted by Crippen LogP contribution is 2.32. The lowest BCUT2D eigenvalue weighted by Crippen LogP contribution is -2.43. The molecule has 0 bridgehead atoms. The Hall–Kier alpha value is -3.18. The van der Waals surface area contributed by atoms with Crippen molar-refractivity contribution in [2.45, 2.75) is 33.8 Å². The fourth-order valence-electron chi connectivity index (χ4n) is 3.89. The molecule has 1 aromatic heterocycles. The van der Waals surface area contributed by atoms with E-state index in [1.165, 1.54) is 11.8 Å². The topological polar surface area (TPSA) is 110 Å². The molecule has 2 aliphatic heterocycles. The molecule has 0 aliphatic carbocycles. The fraction of sp³-hybridized carbons (Fsp3) is 0.238. The van der Waals surface area contributed by atoms with Crippen molar-refractivity contribution >= 4 is 39.2 Å². The maximum absolute atomic E-state index is 13.1. The molecule has 1 atom stereocenters. The largest absolute Gasteiger partial charge is 0.343 e. The molecule has 5 rings (SSSR count). The minimum absolute atomic E-state index is 0.180. The molecule has 3 aromatic rings. The van der Waals surface area contributed by atoms with Crippen molar-refractivity contribution in [2.75, 3.05) is 11.9 Å². The van der Waals surface area contributed by atoms with Gasteiger partial charge in [-0.2, -0.15) is 8.42 Å². The van der Waals surface area contributed by atoms with Gasteiger partial charge in [0.25, 0.3) is 10.0 Å². The third-order valence-corrected chi connectivity index (χ3v) is 7.83. The minimum Gasteiger partial charge on any atom is -0.343 e. The average Bonchev–Trinajstić information content (AvgIpc) is 3.48. The molecular formula is C21H20N6O3S2. The Labute approximate surface area is 189 Å². The molecular weight excluding hydrogens is 448 g/mol. The number of aromatic nitrogens is 3. The molecule has 2 aromatic carbocycles. The first-order valence-corrected chi connectivity index (χ1v) is 12.3. The molecule has 32 heavy (non-hydrogen) atoms. The first kappa shape index (κ1) is 20.7. The first-order chi connectivity index (χ1) is 15.4. The average molecular weight is 469 g/mol. The van der Waals surface area contributed by atoms with Crippen LogP contribution in [0.25, 0.3) is 0 Å². The molecule has 9 nitrogen and oxygen atoms in total. The molecule has 0 saturated carbocycles. The van der Waals surface area contributed by atoms with E-state index in [0.29, 0.717) is 30.1 Å². The third kappa shape index (κ3) is 3.78. The summed E-state index contributed by atoms with van der Waals surface area (Å²) in [6.45, 7) is 0.577. The quantitative estimate of drug-likeness (QED) is 0.627. The molecule has 164 valence electrons. The van der Waals surface area contributed by atoms with Crippen molar-refractivity contribution in [3.05, 3.63) is 60.4 Å². The number of amides is 1. The number of aryl methyl sites for hydroxylation is 1. The zero-order valence-electron chi connectivity index (χ0n) is 17.2. The normalized spacial score (nSPS) is 19.0. The first-order valence-electron chi connectivity index (χ1n) is 10.1. The highest BCUT2D eigenvalue weighted by Gasteiger charge is 2.39. The number of rotatable bonds is 4. The van der Waals surface area contributed by atoms with Crippen molar-refractivity contribution in [2.24, 2.45) is 11.4 Å². The van der Waals surface area contributed by atoms with Crippen molar-refractivity contribution in [1.82, 2.24) is 19.7 Å². The number of fused-ring (bicyclic) bond motifs is 1. The van der Waals surface area contributed by atoms with Crippen LogP contribution in [0.1, 0.15) is 18.4 Å². The summed E-state index contributed by atoms with van der Waals surface area (Å²) in [6, 6.07) is 13.7.